The minimum atomic E-state index is -0.0934. The van der Waals surface area contributed by atoms with Crippen molar-refractivity contribution in [3.8, 4) is 11.5 Å². The first-order chi connectivity index (χ1) is 12.1. The molecule has 0 saturated carbocycles. The normalized spacial score (nSPS) is 15.0. The van der Waals surface area contributed by atoms with E-state index in [-0.39, 0.29) is 12.0 Å². The van der Waals surface area contributed by atoms with Crippen LogP contribution < -0.4 is 14.8 Å². The van der Waals surface area contributed by atoms with Crippen LogP contribution in [0, 0.1) is 0 Å². The Labute approximate surface area is 152 Å². The third-order valence-electron chi connectivity index (χ3n) is 3.51. The largest absolute Gasteiger partial charge is 0.490 e. The summed E-state index contributed by atoms with van der Waals surface area (Å²) in [5.41, 5.74) is 1.75. The van der Waals surface area contributed by atoms with Gasteiger partial charge in [-0.3, -0.25) is 4.79 Å². The standard InChI is InChI=1S/C20H21NO3S/c1-4-23-17-11-14(9-10-16(17)24-13(2)3)12-19-20(22)21-15-7-5-6-8-18(15)25-19/h5-13H,4H2,1-3H3,(H,21,22)/b19-12-. The van der Waals surface area contributed by atoms with E-state index in [1.165, 1.54) is 11.8 Å². The van der Waals surface area contributed by atoms with Crippen molar-refractivity contribution in [2.75, 3.05) is 11.9 Å². The van der Waals surface area contributed by atoms with Crippen LogP contribution in [0.3, 0.4) is 0 Å². The first kappa shape index (κ1) is 17.4. The molecule has 4 nitrogen and oxygen atoms in total. The predicted octanol–water partition coefficient (Wildman–Crippen LogP) is 4.96. The highest BCUT2D eigenvalue weighted by Crippen LogP contribution is 2.39. The maximum absolute atomic E-state index is 12.3. The van der Waals surface area contributed by atoms with Crippen molar-refractivity contribution in [3.05, 3.63) is 52.9 Å². The van der Waals surface area contributed by atoms with Gasteiger partial charge < -0.3 is 14.8 Å². The van der Waals surface area contributed by atoms with E-state index < -0.39 is 0 Å². The molecule has 1 amide bonds. The van der Waals surface area contributed by atoms with E-state index >= 15 is 0 Å². The van der Waals surface area contributed by atoms with Gasteiger partial charge in [-0.2, -0.15) is 0 Å². The van der Waals surface area contributed by atoms with Crippen molar-refractivity contribution >= 4 is 29.4 Å². The number of fused-ring (bicyclic) bond motifs is 1. The second kappa shape index (κ2) is 7.66. The Bertz CT molecular complexity index is 814. The minimum absolute atomic E-state index is 0.0691. The van der Waals surface area contributed by atoms with Crippen molar-refractivity contribution in [2.45, 2.75) is 31.8 Å². The molecule has 3 rings (SSSR count). The molecule has 0 saturated heterocycles. The monoisotopic (exact) mass is 355 g/mol. The summed E-state index contributed by atoms with van der Waals surface area (Å²) in [5, 5.41) is 2.92. The lowest BCUT2D eigenvalue weighted by molar-refractivity contribution is -0.112. The Morgan fingerprint density at radius 1 is 1.16 bits per heavy atom. The summed E-state index contributed by atoms with van der Waals surface area (Å²) in [6.07, 6.45) is 1.94. The lowest BCUT2D eigenvalue weighted by atomic mass is 10.1. The second-order valence-electron chi connectivity index (χ2n) is 5.87. The zero-order valence-electron chi connectivity index (χ0n) is 14.5. The van der Waals surface area contributed by atoms with Gasteiger partial charge in [0.1, 0.15) is 0 Å². The predicted molar refractivity (Wildman–Crippen MR) is 102 cm³/mol. The highest BCUT2D eigenvalue weighted by molar-refractivity contribution is 8.04. The summed E-state index contributed by atoms with van der Waals surface area (Å²) in [4.78, 5) is 14.0. The van der Waals surface area contributed by atoms with Crippen LogP contribution in [0.15, 0.2) is 52.3 Å². The fourth-order valence-electron chi connectivity index (χ4n) is 2.49. The average molecular weight is 355 g/mol. The van der Waals surface area contributed by atoms with E-state index in [4.69, 9.17) is 9.47 Å². The van der Waals surface area contributed by atoms with E-state index in [0.717, 1.165) is 16.1 Å². The molecule has 0 spiro atoms. The molecule has 0 fully saturated rings. The van der Waals surface area contributed by atoms with Crippen LogP contribution in [0.5, 0.6) is 11.5 Å². The zero-order valence-corrected chi connectivity index (χ0v) is 15.4. The fourth-order valence-corrected chi connectivity index (χ4v) is 3.44. The van der Waals surface area contributed by atoms with Gasteiger partial charge in [0.25, 0.3) is 5.91 Å². The number of rotatable bonds is 5. The molecule has 2 aromatic rings. The zero-order chi connectivity index (χ0) is 17.8. The van der Waals surface area contributed by atoms with Crippen LogP contribution in [0.2, 0.25) is 0 Å². The van der Waals surface area contributed by atoms with Crippen LogP contribution in [0.25, 0.3) is 6.08 Å². The lowest BCUT2D eigenvalue weighted by Crippen LogP contribution is -2.17. The number of thioether (sulfide) groups is 1. The quantitative estimate of drug-likeness (QED) is 0.770. The van der Waals surface area contributed by atoms with Crippen molar-refractivity contribution in [3.63, 3.8) is 0 Å². The van der Waals surface area contributed by atoms with Gasteiger partial charge in [-0.15, -0.1) is 0 Å². The van der Waals surface area contributed by atoms with Gasteiger partial charge in [-0.1, -0.05) is 30.0 Å². The third kappa shape index (κ3) is 4.17. The molecule has 0 aliphatic carbocycles. The van der Waals surface area contributed by atoms with Crippen LogP contribution in [0.1, 0.15) is 26.3 Å². The number of carbonyl (C=O) groups excluding carboxylic acids is 1. The number of hydrogen-bond acceptors (Lipinski definition) is 4. The van der Waals surface area contributed by atoms with E-state index in [9.17, 15) is 4.79 Å². The van der Waals surface area contributed by atoms with E-state index in [0.29, 0.717) is 23.0 Å². The van der Waals surface area contributed by atoms with Crippen molar-refractivity contribution in [1.82, 2.24) is 0 Å². The molecule has 1 aliphatic rings. The average Bonchev–Trinajstić information content (AvgIpc) is 2.58. The molecular weight excluding hydrogens is 334 g/mol. The van der Waals surface area contributed by atoms with Gasteiger partial charge >= 0.3 is 0 Å². The number of benzene rings is 2. The van der Waals surface area contributed by atoms with Crippen molar-refractivity contribution < 1.29 is 14.3 Å². The SMILES string of the molecule is CCOc1cc(/C=C2\Sc3ccccc3NC2=O)ccc1OC(C)C. The Morgan fingerprint density at radius 2 is 1.96 bits per heavy atom. The van der Waals surface area contributed by atoms with Gasteiger partial charge in [0.2, 0.25) is 0 Å². The van der Waals surface area contributed by atoms with Gasteiger partial charge in [0.15, 0.2) is 11.5 Å². The summed E-state index contributed by atoms with van der Waals surface area (Å²) >= 11 is 1.47. The maximum atomic E-state index is 12.3. The molecular formula is C20H21NO3S. The highest BCUT2D eigenvalue weighted by atomic mass is 32.2. The molecule has 2 aromatic carbocycles. The number of nitrogens with one attached hydrogen (secondary N) is 1. The van der Waals surface area contributed by atoms with E-state index in [2.05, 4.69) is 5.32 Å². The van der Waals surface area contributed by atoms with Crippen LogP contribution >= 0.6 is 11.8 Å². The molecule has 25 heavy (non-hydrogen) atoms. The maximum Gasteiger partial charge on any atom is 0.262 e. The Balaban J connectivity index is 1.90. The molecule has 0 unspecified atom stereocenters. The summed E-state index contributed by atoms with van der Waals surface area (Å²) in [7, 11) is 0. The lowest BCUT2D eigenvalue weighted by Gasteiger charge is -2.18. The Kier molecular flexibility index (Phi) is 5.34. The van der Waals surface area contributed by atoms with E-state index in [1.807, 2.05) is 69.3 Å². The van der Waals surface area contributed by atoms with Crippen LogP contribution in [-0.2, 0) is 4.79 Å². The number of hydrogen-bond donors (Lipinski definition) is 1. The number of anilines is 1. The van der Waals surface area contributed by atoms with Gasteiger partial charge in [-0.05, 0) is 56.7 Å². The van der Waals surface area contributed by atoms with Crippen LogP contribution in [-0.4, -0.2) is 18.6 Å². The topological polar surface area (TPSA) is 47.6 Å². The van der Waals surface area contributed by atoms with Gasteiger partial charge in [-0.25, -0.2) is 0 Å². The van der Waals surface area contributed by atoms with Gasteiger partial charge in [0.05, 0.1) is 23.3 Å². The third-order valence-corrected chi connectivity index (χ3v) is 4.61. The van der Waals surface area contributed by atoms with Crippen LogP contribution in [0.4, 0.5) is 5.69 Å². The summed E-state index contributed by atoms with van der Waals surface area (Å²) in [5.74, 6) is 1.31. The number of carbonyl (C=O) groups is 1. The smallest absolute Gasteiger partial charge is 0.262 e. The Hall–Kier alpha value is -2.40. The summed E-state index contributed by atoms with van der Waals surface area (Å²) in [6.45, 7) is 6.45. The van der Waals surface area contributed by atoms with Crippen molar-refractivity contribution in [2.24, 2.45) is 0 Å². The first-order valence-corrected chi connectivity index (χ1v) is 9.12. The summed E-state index contributed by atoms with van der Waals surface area (Å²) < 4.78 is 11.5. The molecule has 1 N–H and O–H groups in total. The Morgan fingerprint density at radius 3 is 2.72 bits per heavy atom. The van der Waals surface area contributed by atoms with Gasteiger partial charge in [0, 0.05) is 4.90 Å². The number of amides is 1. The number of ether oxygens (including phenoxy) is 2. The molecule has 0 bridgehead atoms. The first-order valence-electron chi connectivity index (χ1n) is 8.30. The van der Waals surface area contributed by atoms with Crippen molar-refractivity contribution in [1.29, 1.82) is 0 Å². The van der Waals surface area contributed by atoms with E-state index in [1.54, 1.807) is 0 Å². The fraction of sp³-hybridized carbons (Fsp3) is 0.250. The highest BCUT2D eigenvalue weighted by Gasteiger charge is 2.20. The molecule has 1 heterocycles. The minimum Gasteiger partial charge on any atom is -0.490 e. The molecule has 0 radical (unpaired) electrons. The summed E-state index contributed by atoms with van der Waals surface area (Å²) in [6, 6.07) is 13.5. The molecule has 0 atom stereocenters. The number of para-hydroxylation sites is 1. The molecule has 1 aliphatic heterocycles. The molecule has 0 aromatic heterocycles. The molecule has 130 valence electrons. The second-order valence-corrected chi connectivity index (χ2v) is 6.95. The molecule has 5 heteroatoms.